The second-order valence-corrected chi connectivity index (χ2v) is 4.82. The summed E-state index contributed by atoms with van der Waals surface area (Å²) in [5, 5.41) is 0. The maximum absolute atomic E-state index is 12.4. The summed E-state index contributed by atoms with van der Waals surface area (Å²) in [5.74, 6) is -0.250. The van der Waals surface area contributed by atoms with Crippen molar-refractivity contribution < 1.29 is 4.79 Å². The molecule has 18 heavy (non-hydrogen) atoms. The molecule has 0 aliphatic carbocycles. The van der Waals surface area contributed by atoms with Crippen LogP contribution in [0.15, 0.2) is 71.7 Å². The van der Waals surface area contributed by atoms with Gasteiger partial charge in [-0.15, -0.1) is 6.58 Å². The van der Waals surface area contributed by atoms with Crippen LogP contribution in [0.2, 0.25) is 0 Å². The second-order valence-electron chi connectivity index (χ2n) is 3.97. The number of Topliss-reactive ketones (excluding diaryl/α,β-unsaturated/α-hetero) is 1. The third-order valence-electron chi connectivity index (χ3n) is 2.82. The highest BCUT2D eigenvalue weighted by Gasteiger charge is 2.20. The van der Waals surface area contributed by atoms with Crippen LogP contribution in [0.5, 0.6) is 0 Å². The van der Waals surface area contributed by atoms with Gasteiger partial charge in [-0.25, -0.2) is 0 Å². The molecule has 0 aliphatic heterocycles. The van der Waals surface area contributed by atoms with Gasteiger partial charge in [0.05, 0.1) is 5.92 Å². The molecule has 0 radical (unpaired) electrons. The average molecular weight is 301 g/mol. The molecule has 2 rings (SSSR count). The van der Waals surface area contributed by atoms with E-state index in [4.69, 9.17) is 0 Å². The quantitative estimate of drug-likeness (QED) is 0.596. The SMILES string of the molecule is C=CC(C(=O)c1ccccc1)c1ccccc1Br. The van der Waals surface area contributed by atoms with E-state index in [1.165, 1.54) is 0 Å². The summed E-state index contributed by atoms with van der Waals surface area (Å²) < 4.78 is 0.930. The van der Waals surface area contributed by atoms with Gasteiger partial charge >= 0.3 is 0 Å². The predicted molar refractivity (Wildman–Crippen MR) is 77.9 cm³/mol. The molecule has 1 nitrogen and oxygen atoms in total. The van der Waals surface area contributed by atoms with Gasteiger partial charge in [-0.1, -0.05) is 70.5 Å². The summed E-state index contributed by atoms with van der Waals surface area (Å²) in [6.45, 7) is 3.78. The first-order valence-electron chi connectivity index (χ1n) is 5.70. The van der Waals surface area contributed by atoms with Gasteiger partial charge in [-0.2, -0.15) is 0 Å². The molecule has 0 N–H and O–H groups in total. The Morgan fingerprint density at radius 3 is 2.28 bits per heavy atom. The van der Waals surface area contributed by atoms with Crippen molar-refractivity contribution in [3.63, 3.8) is 0 Å². The minimum absolute atomic E-state index is 0.0671. The number of hydrogen-bond donors (Lipinski definition) is 0. The molecule has 0 aliphatic rings. The lowest BCUT2D eigenvalue weighted by molar-refractivity contribution is 0.0976. The van der Waals surface area contributed by atoms with E-state index in [2.05, 4.69) is 22.5 Å². The first kappa shape index (κ1) is 12.8. The summed E-state index contributed by atoms with van der Waals surface area (Å²) in [5.41, 5.74) is 1.65. The molecule has 0 bridgehead atoms. The largest absolute Gasteiger partial charge is 0.293 e. The van der Waals surface area contributed by atoms with E-state index in [0.29, 0.717) is 5.56 Å². The fourth-order valence-corrected chi connectivity index (χ4v) is 2.42. The van der Waals surface area contributed by atoms with Crippen molar-refractivity contribution in [1.29, 1.82) is 0 Å². The zero-order chi connectivity index (χ0) is 13.0. The minimum atomic E-state index is -0.317. The van der Waals surface area contributed by atoms with Crippen LogP contribution in [-0.2, 0) is 0 Å². The van der Waals surface area contributed by atoms with Crippen LogP contribution in [0, 0.1) is 0 Å². The van der Waals surface area contributed by atoms with E-state index in [1.807, 2.05) is 54.6 Å². The van der Waals surface area contributed by atoms with E-state index in [0.717, 1.165) is 10.0 Å². The normalized spacial score (nSPS) is 11.8. The summed E-state index contributed by atoms with van der Waals surface area (Å²) in [6, 6.07) is 17.0. The Hall–Kier alpha value is -1.67. The highest BCUT2D eigenvalue weighted by molar-refractivity contribution is 9.10. The molecule has 0 saturated carbocycles. The third kappa shape index (κ3) is 2.59. The van der Waals surface area contributed by atoms with Crippen molar-refractivity contribution in [2.24, 2.45) is 0 Å². The van der Waals surface area contributed by atoms with Crippen molar-refractivity contribution in [2.45, 2.75) is 5.92 Å². The molecule has 2 aromatic carbocycles. The fraction of sp³-hybridized carbons (Fsp3) is 0.0625. The summed E-state index contributed by atoms with van der Waals surface area (Å²) in [4.78, 5) is 12.4. The zero-order valence-corrected chi connectivity index (χ0v) is 11.4. The van der Waals surface area contributed by atoms with Gasteiger partial charge in [0, 0.05) is 10.0 Å². The van der Waals surface area contributed by atoms with Crippen molar-refractivity contribution in [3.05, 3.63) is 82.9 Å². The lowest BCUT2D eigenvalue weighted by Crippen LogP contribution is -2.11. The number of allylic oxidation sites excluding steroid dienone is 1. The number of rotatable bonds is 4. The maximum atomic E-state index is 12.4. The Labute approximate surface area is 115 Å². The van der Waals surface area contributed by atoms with E-state index < -0.39 is 0 Å². The van der Waals surface area contributed by atoms with Crippen molar-refractivity contribution in [3.8, 4) is 0 Å². The van der Waals surface area contributed by atoms with Gasteiger partial charge in [0.2, 0.25) is 0 Å². The molecule has 0 amide bonds. The monoisotopic (exact) mass is 300 g/mol. The molecule has 1 unspecified atom stereocenters. The average Bonchev–Trinajstić information content (AvgIpc) is 2.42. The standard InChI is InChI=1S/C16H13BrO/c1-2-13(14-10-6-7-11-15(14)17)16(18)12-8-4-3-5-9-12/h2-11,13H,1H2. The Morgan fingerprint density at radius 1 is 1.06 bits per heavy atom. The van der Waals surface area contributed by atoms with Gasteiger partial charge in [-0.05, 0) is 11.6 Å². The molecule has 2 aromatic rings. The molecular weight excluding hydrogens is 288 g/mol. The van der Waals surface area contributed by atoms with Crippen LogP contribution in [0.25, 0.3) is 0 Å². The molecule has 0 fully saturated rings. The van der Waals surface area contributed by atoms with Crippen molar-refractivity contribution in [2.75, 3.05) is 0 Å². The highest BCUT2D eigenvalue weighted by Crippen LogP contribution is 2.28. The zero-order valence-electron chi connectivity index (χ0n) is 9.84. The lowest BCUT2D eigenvalue weighted by atomic mass is 9.91. The summed E-state index contributed by atoms with van der Waals surface area (Å²) in [6.07, 6.45) is 1.69. The molecular formula is C16H13BrO. The molecule has 90 valence electrons. The smallest absolute Gasteiger partial charge is 0.174 e. The fourth-order valence-electron chi connectivity index (χ4n) is 1.88. The number of ketones is 1. The topological polar surface area (TPSA) is 17.1 Å². The number of carbonyl (C=O) groups is 1. The first-order chi connectivity index (χ1) is 8.74. The molecule has 2 heteroatoms. The Morgan fingerprint density at radius 2 is 1.67 bits per heavy atom. The molecule has 0 saturated heterocycles. The van der Waals surface area contributed by atoms with Crippen molar-refractivity contribution >= 4 is 21.7 Å². The van der Waals surface area contributed by atoms with Crippen LogP contribution in [0.4, 0.5) is 0 Å². The number of carbonyl (C=O) groups excluding carboxylic acids is 1. The van der Waals surface area contributed by atoms with Crippen LogP contribution in [0.3, 0.4) is 0 Å². The minimum Gasteiger partial charge on any atom is -0.293 e. The molecule has 0 aromatic heterocycles. The predicted octanol–water partition coefficient (Wildman–Crippen LogP) is 4.60. The second kappa shape index (κ2) is 5.78. The lowest BCUT2D eigenvalue weighted by Gasteiger charge is -2.13. The Kier molecular flexibility index (Phi) is 4.11. The van der Waals surface area contributed by atoms with E-state index >= 15 is 0 Å². The molecule has 0 spiro atoms. The van der Waals surface area contributed by atoms with Crippen LogP contribution in [0.1, 0.15) is 21.8 Å². The van der Waals surface area contributed by atoms with Gasteiger partial charge in [0.15, 0.2) is 5.78 Å². The van der Waals surface area contributed by atoms with E-state index in [-0.39, 0.29) is 11.7 Å². The van der Waals surface area contributed by atoms with Gasteiger partial charge in [0.25, 0.3) is 0 Å². The van der Waals surface area contributed by atoms with E-state index in [9.17, 15) is 4.79 Å². The van der Waals surface area contributed by atoms with Crippen molar-refractivity contribution in [1.82, 2.24) is 0 Å². The van der Waals surface area contributed by atoms with Gasteiger partial charge in [0.1, 0.15) is 0 Å². The number of halogens is 1. The Balaban J connectivity index is 2.39. The summed E-state index contributed by atoms with van der Waals surface area (Å²) in [7, 11) is 0. The van der Waals surface area contributed by atoms with Crippen LogP contribution < -0.4 is 0 Å². The maximum Gasteiger partial charge on any atom is 0.174 e. The number of hydrogen-bond acceptors (Lipinski definition) is 1. The van der Waals surface area contributed by atoms with E-state index in [1.54, 1.807) is 6.08 Å². The summed E-state index contributed by atoms with van der Waals surface area (Å²) >= 11 is 3.48. The number of benzene rings is 2. The van der Waals surface area contributed by atoms with Gasteiger partial charge in [-0.3, -0.25) is 4.79 Å². The molecule has 0 heterocycles. The third-order valence-corrected chi connectivity index (χ3v) is 3.54. The molecule has 1 atom stereocenters. The van der Waals surface area contributed by atoms with Crippen LogP contribution in [-0.4, -0.2) is 5.78 Å². The first-order valence-corrected chi connectivity index (χ1v) is 6.49. The van der Waals surface area contributed by atoms with Crippen LogP contribution >= 0.6 is 15.9 Å². The Bertz CT molecular complexity index is 560. The van der Waals surface area contributed by atoms with Gasteiger partial charge < -0.3 is 0 Å². The highest BCUT2D eigenvalue weighted by atomic mass is 79.9.